The molecule has 0 aliphatic rings. The number of carbonyl (C=O) groups is 1. The van der Waals surface area contributed by atoms with Gasteiger partial charge in [-0.05, 0) is 30.3 Å². The maximum atomic E-state index is 13.2. The van der Waals surface area contributed by atoms with E-state index in [0.717, 1.165) is 0 Å². The summed E-state index contributed by atoms with van der Waals surface area (Å²) >= 11 is 5.85. The Morgan fingerprint density at radius 3 is 2.88 bits per heavy atom. The number of rotatable bonds is 5. The van der Waals surface area contributed by atoms with E-state index in [1.165, 1.54) is 37.4 Å². The fourth-order valence-electron chi connectivity index (χ4n) is 2.10. The summed E-state index contributed by atoms with van der Waals surface area (Å²) in [4.78, 5) is 16.2. The van der Waals surface area contributed by atoms with Crippen molar-refractivity contribution in [3.05, 3.63) is 64.8 Å². The zero-order valence-corrected chi connectivity index (χ0v) is 13.8. The molecule has 0 saturated heterocycles. The summed E-state index contributed by atoms with van der Waals surface area (Å²) in [6, 6.07) is 10.3. The maximum absolute atomic E-state index is 13.2. The van der Waals surface area contributed by atoms with Gasteiger partial charge in [0.15, 0.2) is 6.61 Å². The molecule has 1 aromatic heterocycles. The third-order valence-corrected chi connectivity index (χ3v) is 3.50. The van der Waals surface area contributed by atoms with Crippen LogP contribution in [0.25, 0.3) is 11.4 Å². The van der Waals surface area contributed by atoms with Gasteiger partial charge in [-0.1, -0.05) is 28.9 Å². The van der Waals surface area contributed by atoms with E-state index in [1.54, 1.807) is 12.1 Å². The Bertz CT molecular complexity index is 913. The molecule has 0 aliphatic carbocycles. The van der Waals surface area contributed by atoms with Gasteiger partial charge in [0.05, 0.1) is 7.11 Å². The molecule has 1 heterocycles. The summed E-state index contributed by atoms with van der Waals surface area (Å²) in [5.74, 6) is -0.456. The van der Waals surface area contributed by atoms with Crippen molar-refractivity contribution in [3.63, 3.8) is 0 Å². The second kappa shape index (κ2) is 7.31. The lowest BCUT2D eigenvalue weighted by Crippen LogP contribution is -2.07. The maximum Gasteiger partial charge on any atom is 0.342 e. The molecule has 0 saturated carbocycles. The molecule has 0 amide bonds. The molecule has 0 fully saturated rings. The molecule has 6 nitrogen and oxygen atoms in total. The number of carbonyl (C=O) groups excluding carboxylic acids is 1. The van der Waals surface area contributed by atoms with Crippen LogP contribution in [0.1, 0.15) is 16.2 Å². The molecule has 0 bridgehead atoms. The van der Waals surface area contributed by atoms with E-state index < -0.39 is 11.8 Å². The highest BCUT2D eigenvalue weighted by atomic mass is 35.5. The van der Waals surface area contributed by atoms with E-state index in [1.807, 2.05) is 0 Å². The molecular weight excluding hydrogens is 351 g/mol. The van der Waals surface area contributed by atoms with Crippen molar-refractivity contribution >= 4 is 17.6 Å². The SMILES string of the molecule is COc1cc(Cl)ccc1C(=O)OCc1nc(-c2cccc(F)c2)no1. The number of ether oxygens (including phenoxy) is 2. The highest BCUT2D eigenvalue weighted by Gasteiger charge is 2.16. The molecule has 0 atom stereocenters. The van der Waals surface area contributed by atoms with Crippen molar-refractivity contribution in [1.29, 1.82) is 0 Å². The number of esters is 1. The van der Waals surface area contributed by atoms with Crippen LogP contribution in [0.5, 0.6) is 5.75 Å². The van der Waals surface area contributed by atoms with Gasteiger partial charge in [0.2, 0.25) is 5.82 Å². The minimum atomic E-state index is -0.626. The molecule has 128 valence electrons. The molecule has 25 heavy (non-hydrogen) atoms. The highest BCUT2D eigenvalue weighted by molar-refractivity contribution is 6.30. The molecular formula is C17H12ClFN2O4. The second-order valence-corrected chi connectivity index (χ2v) is 5.38. The van der Waals surface area contributed by atoms with Gasteiger partial charge in [-0.15, -0.1) is 0 Å². The summed E-state index contributed by atoms with van der Waals surface area (Å²) in [7, 11) is 1.42. The van der Waals surface area contributed by atoms with Crippen LogP contribution in [0.2, 0.25) is 5.02 Å². The molecule has 0 N–H and O–H groups in total. The van der Waals surface area contributed by atoms with E-state index in [9.17, 15) is 9.18 Å². The first-order valence-electron chi connectivity index (χ1n) is 7.16. The van der Waals surface area contributed by atoms with Crippen LogP contribution in [-0.2, 0) is 11.3 Å². The summed E-state index contributed by atoms with van der Waals surface area (Å²) in [5.41, 5.74) is 0.678. The van der Waals surface area contributed by atoms with Gasteiger partial charge in [0.25, 0.3) is 5.89 Å². The first-order valence-corrected chi connectivity index (χ1v) is 7.54. The van der Waals surface area contributed by atoms with Gasteiger partial charge in [0.1, 0.15) is 17.1 Å². The zero-order chi connectivity index (χ0) is 17.8. The second-order valence-electron chi connectivity index (χ2n) is 4.94. The fourth-order valence-corrected chi connectivity index (χ4v) is 2.26. The first kappa shape index (κ1) is 16.9. The molecule has 0 spiro atoms. The number of hydrogen-bond donors (Lipinski definition) is 0. The Labute approximate surface area is 147 Å². The largest absolute Gasteiger partial charge is 0.496 e. The quantitative estimate of drug-likeness (QED) is 0.641. The van der Waals surface area contributed by atoms with Gasteiger partial charge < -0.3 is 14.0 Å². The Kier molecular flexibility index (Phi) is 4.95. The van der Waals surface area contributed by atoms with Crippen LogP contribution in [0.15, 0.2) is 47.0 Å². The summed E-state index contributed by atoms with van der Waals surface area (Å²) in [6.07, 6.45) is 0. The normalized spacial score (nSPS) is 10.5. The van der Waals surface area contributed by atoms with E-state index in [0.29, 0.717) is 16.3 Å². The summed E-state index contributed by atoms with van der Waals surface area (Å²) < 4.78 is 28.5. The van der Waals surface area contributed by atoms with Crippen molar-refractivity contribution in [2.75, 3.05) is 7.11 Å². The predicted molar refractivity (Wildman–Crippen MR) is 86.8 cm³/mol. The van der Waals surface area contributed by atoms with Crippen LogP contribution in [-0.4, -0.2) is 23.2 Å². The first-order chi connectivity index (χ1) is 12.1. The average Bonchev–Trinajstić information content (AvgIpc) is 3.08. The lowest BCUT2D eigenvalue weighted by atomic mass is 10.2. The average molecular weight is 363 g/mol. The predicted octanol–water partition coefficient (Wildman–Crippen LogP) is 3.89. The lowest BCUT2D eigenvalue weighted by molar-refractivity contribution is 0.0426. The van der Waals surface area contributed by atoms with Crippen LogP contribution in [0.3, 0.4) is 0 Å². The number of methoxy groups -OCH3 is 1. The third-order valence-electron chi connectivity index (χ3n) is 3.26. The van der Waals surface area contributed by atoms with Gasteiger partial charge in [0, 0.05) is 10.6 Å². The minimum Gasteiger partial charge on any atom is -0.496 e. The number of aromatic nitrogens is 2. The summed E-state index contributed by atoms with van der Waals surface area (Å²) in [6.45, 7) is -0.229. The Hall–Kier alpha value is -2.93. The molecule has 8 heteroatoms. The van der Waals surface area contributed by atoms with Gasteiger partial charge in [-0.2, -0.15) is 4.98 Å². The molecule has 0 unspecified atom stereocenters. The molecule has 0 radical (unpaired) electrons. The number of benzene rings is 2. The van der Waals surface area contributed by atoms with Gasteiger partial charge >= 0.3 is 5.97 Å². The minimum absolute atomic E-state index is 0.0838. The topological polar surface area (TPSA) is 74.5 Å². The van der Waals surface area contributed by atoms with E-state index in [4.69, 9.17) is 25.6 Å². The van der Waals surface area contributed by atoms with E-state index in [-0.39, 0.29) is 23.9 Å². The van der Waals surface area contributed by atoms with Crippen molar-refractivity contribution in [1.82, 2.24) is 10.1 Å². The molecule has 3 aromatic rings. The molecule has 3 rings (SSSR count). The van der Waals surface area contributed by atoms with Crippen LogP contribution >= 0.6 is 11.6 Å². The Morgan fingerprint density at radius 2 is 2.12 bits per heavy atom. The van der Waals surface area contributed by atoms with Gasteiger partial charge in [-0.3, -0.25) is 0 Å². The van der Waals surface area contributed by atoms with Gasteiger partial charge in [-0.25, -0.2) is 9.18 Å². The van der Waals surface area contributed by atoms with Crippen molar-refractivity contribution in [2.45, 2.75) is 6.61 Å². The van der Waals surface area contributed by atoms with Crippen LogP contribution in [0.4, 0.5) is 4.39 Å². The van der Waals surface area contributed by atoms with E-state index >= 15 is 0 Å². The third kappa shape index (κ3) is 3.95. The monoisotopic (exact) mass is 362 g/mol. The summed E-state index contributed by atoms with van der Waals surface area (Å²) in [5, 5.41) is 4.17. The van der Waals surface area contributed by atoms with Crippen LogP contribution in [0, 0.1) is 5.82 Å². The molecule has 0 aliphatic heterocycles. The smallest absolute Gasteiger partial charge is 0.342 e. The highest BCUT2D eigenvalue weighted by Crippen LogP contribution is 2.24. The lowest BCUT2D eigenvalue weighted by Gasteiger charge is -2.07. The Balaban J connectivity index is 1.69. The number of hydrogen-bond acceptors (Lipinski definition) is 6. The van der Waals surface area contributed by atoms with Crippen molar-refractivity contribution < 1.29 is 23.2 Å². The van der Waals surface area contributed by atoms with Crippen molar-refractivity contribution in [2.24, 2.45) is 0 Å². The van der Waals surface area contributed by atoms with E-state index in [2.05, 4.69) is 10.1 Å². The molecule has 2 aromatic carbocycles. The van der Waals surface area contributed by atoms with Crippen molar-refractivity contribution in [3.8, 4) is 17.1 Å². The van der Waals surface area contributed by atoms with Crippen LogP contribution < -0.4 is 4.74 Å². The number of nitrogens with zero attached hydrogens (tertiary/aromatic N) is 2. The number of halogens is 2. The zero-order valence-electron chi connectivity index (χ0n) is 13.0. The fraction of sp³-hybridized carbons (Fsp3) is 0.118. The standard InChI is InChI=1S/C17H12ClFN2O4/c1-23-14-8-11(18)5-6-13(14)17(22)24-9-15-20-16(21-25-15)10-3-2-4-12(19)7-10/h2-8H,9H2,1H3. The Morgan fingerprint density at radius 1 is 1.28 bits per heavy atom.